The summed E-state index contributed by atoms with van der Waals surface area (Å²) in [6.07, 6.45) is 2.29. The van der Waals surface area contributed by atoms with Crippen LogP contribution in [0.5, 0.6) is 0 Å². The molecule has 1 aliphatic rings. The van der Waals surface area contributed by atoms with Crippen LogP contribution in [0.15, 0.2) is 18.2 Å². The van der Waals surface area contributed by atoms with Crippen LogP contribution >= 0.6 is 0 Å². The lowest BCUT2D eigenvalue weighted by atomic mass is 9.85. The average Bonchev–Trinajstić information content (AvgIpc) is 2.39. The number of likely N-dealkylation sites (N-methyl/N-ethyl adjacent to an activating group) is 1. The summed E-state index contributed by atoms with van der Waals surface area (Å²) in [5.41, 5.74) is 10.4. The molecule has 1 aliphatic heterocycles. The molecule has 0 unspecified atom stereocenters. The number of hydrogen-bond donors (Lipinski definition) is 1. The second-order valence-electron chi connectivity index (χ2n) is 6.05. The fraction of sp³-hybridized carbons (Fsp3) is 0.625. The number of hydrogen-bond acceptors (Lipinski definition) is 3. The Hall–Kier alpha value is -1.06. The number of benzene rings is 1. The van der Waals surface area contributed by atoms with Crippen LogP contribution in [0.2, 0.25) is 0 Å². The van der Waals surface area contributed by atoms with Gasteiger partial charge in [-0.1, -0.05) is 18.2 Å². The fourth-order valence-electron chi connectivity index (χ4n) is 3.28. The number of nitrogens with zero attached hydrogens (tertiary/aromatic N) is 2. The maximum atomic E-state index is 6.02. The summed E-state index contributed by atoms with van der Waals surface area (Å²) in [6, 6.07) is 6.56. The first-order valence-electron chi connectivity index (χ1n) is 7.19. The van der Waals surface area contributed by atoms with Crippen LogP contribution in [-0.2, 0) is 0 Å². The van der Waals surface area contributed by atoms with Crippen LogP contribution in [0.25, 0.3) is 0 Å². The number of anilines is 1. The molecule has 0 aromatic heterocycles. The van der Waals surface area contributed by atoms with E-state index in [0.29, 0.717) is 0 Å². The zero-order valence-electron chi connectivity index (χ0n) is 12.7. The first kappa shape index (κ1) is 14.4. The molecule has 0 atom stereocenters. The van der Waals surface area contributed by atoms with Gasteiger partial charge in [0.25, 0.3) is 0 Å². The summed E-state index contributed by atoms with van der Waals surface area (Å²) in [5.74, 6) is 0. The van der Waals surface area contributed by atoms with Gasteiger partial charge in [-0.15, -0.1) is 0 Å². The second kappa shape index (κ2) is 5.51. The highest BCUT2D eigenvalue weighted by Gasteiger charge is 2.35. The van der Waals surface area contributed by atoms with Gasteiger partial charge >= 0.3 is 0 Å². The van der Waals surface area contributed by atoms with E-state index in [0.717, 1.165) is 32.5 Å². The number of aryl methyl sites for hydroxylation is 2. The lowest BCUT2D eigenvalue weighted by molar-refractivity contribution is 0.125. The zero-order chi connectivity index (χ0) is 14.0. The average molecular weight is 261 g/mol. The van der Waals surface area contributed by atoms with Gasteiger partial charge in [-0.2, -0.15) is 0 Å². The molecule has 3 nitrogen and oxygen atoms in total. The highest BCUT2D eigenvalue weighted by atomic mass is 15.2. The molecular formula is C16H27N3. The summed E-state index contributed by atoms with van der Waals surface area (Å²) in [4.78, 5) is 4.84. The predicted octanol–water partition coefficient (Wildman–Crippen LogP) is 2.16. The van der Waals surface area contributed by atoms with Crippen molar-refractivity contribution in [3.8, 4) is 0 Å². The maximum absolute atomic E-state index is 6.02. The molecule has 2 N–H and O–H groups in total. The monoisotopic (exact) mass is 261 g/mol. The third kappa shape index (κ3) is 2.63. The van der Waals surface area contributed by atoms with Crippen LogP contribution in [0.1, 0.15) is 24.0 Å². The molecule has 0 spiro atoms. The highest BCUT2D eigenvalue weighted by molar-refractivity contribution is 5.59. The van der Waals surface area contributed by atoms with Crippen molar-refractivity contribution in [2.75, 3.05) is 38.6 Å². The molecule has 0 saturated carbocycles. The Bertz CT molecular complexity index is 411. The summed E-state index contributed by atoms with van der Waals surface area (Å²) < 4.78 is 0. The van der Waals surface area contributed by atoms with Crippen LogP contribution in [0.4, 0.5) is 5.69 Å². The lowest BCUT2D eigenvalue weighted by Crippen LogP contribution is -2.57. The SMILES string of the molecule is Cc1cccc(C)c1N1CCC(CN)(N(C)C)CC1. The van der Waals surface area contributed by atoms with Gasteiger partial charge < -0.3 is 15.5 Å². The molecule has 2 rings (SSSR count). The number of rotatable bonds is 3. The van der Waals surface area contributed by atoms with E-state index in [9.17, 15) is 0 Å². The van der Waals surface area contributed by atoms with Gasteiger partial charge in [0.15, 0.2) is 0 Å². The first-order valence-corrected chi connectivity index (χ1v) is 7.19. The standard InChI is InChI=1S/C16H27N3/c1-13-6-5-7-14(2)15(13)19-10-8-16(12-17,9-11-19)18(3)4/h5-7H,8-12,17H2,1-4H3. The van der Waals surface area contributed by atoms with Crippen molar-refractivity contribution in [3.05, 3.63) is 29.3 Å². The van der Waals surface area contributed by atoms with Gasteiger partial charge in [0.1, 0.15) is 0 Å². The first-order chi connectivity index (χ1) is 9.00. The van der Waals surface area contributed by atoms with Crippen LogP contribution in [0, 0.1) is 13.8 Å². The molecule has 1 aromatic rings. The van der Waals surface area contributed by atoms with E-state index in [2.05, 4.69) is 55.9 Å². The molecule has 0 radical (unpaired) electrons. The minimum absolute atomic E-state index is 0.188. The normalized spacial score (nSPS) is 18.9. The predicted molar refractivity (Wildman–Crippen MR) is 82.8 cm³/mol. The van der Waals surface area contributed by atoms with Crippen LogP contribution in [-0.4, -0.2) is 44.2 Å². The van der Waals surface area contributed by atoms with Crippen molar-refractivity contribution in [3.63, 3.8) is 0 Å². The van der Waals surface area contributed by atoms with E-state index in [1.165, 1.54) is 16.8 Å². The zero-order valence-corrected chi connectivity index (χ0v) is 12.7. The number of piperidine rings is 1. The summed E-state index contributed by atoms with van der Waals surface area (Å²) in [5, 5.41) is 0. The highest BCUT2D eigenvalue weighted by Crippen LogP contribution is 2.32. The van der Waals surface area contributed by atoms with Gasteiger partial charge in [-0.3, -0.25) is 0 Å². The Morgan fingerprint density at radius 1 is 1.16 bits per heavy atom. The molecule has 1 aromatic carbocycles. The summed E-state index contributed by atoms with van der Waals surface area (Å²) in [6.45, 7) is 7.36. The summed E-state index contributed by atoms with van der Waals surface area (Å²) >= 11 is 0. The minimum Gasteiger partial charge on any atom is -0.371 e. The molecule has 3 heteroatoms. The lowest BCUT2D eigenvalue weighted by Gasteiger charge is -2.46. The van der Waals surface area contributed by atoms with Crippen molar-refractivity contribution in [1.29, 1.82) is 0 Å². The maximum Gasteiger partial charge on any atom is 0.0425 e. The second-order valence-corrected chi connectivity index (χ2v) is 6.05. The van der Waals surface area contributed by atoms with Crippen molar-refractivity contribution in [1.82, 2.24) is 4.90 Å². The quantitative estimate of drug-likeness (QED) is 0.905. The van der Waals surface area contributed by atoms with Gasteiger partial charge in [-0.05, 0) is 51.9 Å². The fourth-order valence-corrected chi connectivity index (χ4v) is 3.28. The number of para-hydroxylation sites is 1. The Balaban J connectivity index is 2.16. The third-order valence-corrected chi connectivity index (χ3v) is 4.78. The van der Waals surface area contributed by atoms with E-state index in [1.807, 2.05) is 0 Å². The van der Waals surface area contributed by atoms with E-state index < -0.39 is 0 Å². The van der Waals surface area contributed by atoms with E-state index in [-0.39, 0.29) is 5.54 Å². The molecular weight excluding hydrogens is 234 g/mol. The Kier molecular flexibility index (Phi) is 4.16. The smallest absolute Gasteiger partial charge is 0.0425 e. The molecule has 0 amide bonds. The minimum atomic E-state index is 0.188. The Morgan fingerprint density at radius 2 is 1.68 bits per heavy atom. The molecule has 0 aliphatic carbocycles. The van der Waals surface area contributed by atoms with Crippen molar-refractivity contribution < 1.29 is 0 Å². The van der Waals surface area contributed by atoms with Gasteiger partial charge in [-0.25, -0.2) is 0 Å². The van der Waals surface area contributed by atoms with Gasteiger partial charge in [0, 0.05) is 30.9 Å². The van der Waals surface area contributed by atoms with Crippen molar-refractivity contribution in [2.24, 2.45) is 5.73 Å². The topological polar surface area (TPSA) is 32.5 Å². The molecule has 1 heterocycles. The van der Waals surface area contributed by atoms with Crippen LogP contribution < -0.4 is 10.6 Å². The molecule has 1 fully saturated rings. The van der Waals surface area contributed by atoms with Crippen molar-refractivity contribution in [2.45, 2.75) is 32.2 Å². The third-order valence-electron chi connectivity index (χ3n) is 4.78. The molecule has 1 saturated heterocycles. The van der Waals surface area contributed by atoms with Gasteiger partial charge in [0.05, 0.1) is 0 Å². The number of nitrogens with two attached hydrogens (primary N) is 1. The Morgan fingerprint density at radius 3 is 2.11 bits per heavy atom. The van der Waals surface area contributed by atoms with E-state index in [1.54, 1.807) is 0 Å². The van der Waals surface area contributed by atoms with Gasteiger partial charge in [0.2, 0.25) is 0 Å². The molecule has 19 heavy (non-hydrogen) atoms. The largest absolute Gasteiger partial charge is 0.371 e. The van der Waals surface area contributed by atoms with Crippen molar-refractivity contribution >= 4 is 5.69 Å². The Labute approximate surface area is 117 Å². The molecule has 106 valence electrons. The molecule has 0 bridgehead atoms. The van der Waals surface area contributed by atoms with E-state index in [4.69, 9.17) is 5.73 Å². The van der Waals surface area contributed by atoms with Crippen LogP contribution in [0.3, 0.4) is 0 Å². The van der Waals surface area contributed by atoms with E-state index >= 15 is 0 Å². The summed E-state index contributed by atoms with van der Waals surface area (Å²) in [7, 11) is 4.31.